The van der Waals surface area contributed by atoms with Crippen molar-refractivity contribution in [3.63, 3.8) is 0 Å². The predicted octanol–water partition coefficient (Wildman–Crippen LogP) is 3.65. The first-order chi connectivity index (χ1) is 7.24. The monoisotopic (exact) mass is 208 g/mol. The third-order valence-electron chi connectivity index (χ3n) is 2.90. The lowest BCUT2D eigenvalue weighted by Gasteiger charge is -2.15. The van der Waals surface area contributed by atoms with Gasteiger partial charge in [0.1, 0.15) is 0 Å². The van der Waals surface area contributed by atoms with Crippen LogP contribution in [0.25, 0.3) is 0 Å². The van der Waals surface area contributed by atoms with Gasteiger partial charge >= 0.3 is 0 Å². The maximum atomic E-state index is 4.67. The van der Waals surface area contributed by atoms with Gasteiger partial charge in [0.2, 0.25) is 0 Å². The van der Waals surface area contributed by atoms with E-state index >= 15 is 0 Å². The minimum atomic E-state index is 0.402. The molecular formula is C13H24N2. The van der Waals surface area contributed by atoms with Gasteiger partial charge in [0, 0.05) is 0 Å². The molecule has 2 nitrogen and oxygen atoms in total. The summed E-state index contributed by atoms with van der Waals surface area (Å²) in [6.45, 7) is 7.37. The molecule has 1 rings (SSSR count). The van der Waals surface area contributed by atoms with E-state index in [1.165, 1.54) is 43.5 Å². The first-order valence-electron chi connectivity index (χ1n) is 6.32. The number of hydrogen-bond donors (Lipinski definition) is 0. The second-order valence-corrected chi connectivity index (χ2v) is 4.52. The van der Waals surface area contributed by atoms with Gasteiger partial charge < -0.3 is 0 Å². The lowest BCUT2D eigenvalue weighted by molar-refractivity contribution is 0.641. The standard InChI is InChI=1S/C13H24N2/c1-4-5-6-7-8-9-13-12(3)14-10-11(2)15-13/h11H,4-10H2,1-3H3. The van der Waals surface area contributed by atoms with E-state index in [0.29, 0.717) is 6.04 Å². The molecule has 1 unspecified atom stereocenters. The molecule has 1 heterocycles. The average Bonchev–Trinajstić information content (AvgIpc) is 2.23. The highest BCUT2D eigenvalue weighted by Crippen LogP contribution is 2.10. The Morgan fingerprint density at radius 2 is 1.93 bits per heavy atom. The van der Waals surface area contributed by atoms with Crippen LogP contribution in [0.4, 0.5) is 0 Å². The maximum Gasteiger partial charge on any atom is 0.0670 e. The fraction of sp³-hybridized carbons (Fsp3) is 0.846. The molecule has 0 fully saturated rings. The van der Waals surface area contributed by atoms with E-state index in [9.17, 15) is 0 Å². The number of aliphatic imine (C=N–C) groups is 2. The SMILES string of the molecule is CCCCCCCC1=NC(C)CN=C1C. The van der Waals surface area contributed by atoms with E-state index in [4.69, 9.17) is 0 Å². The van der Waals surface area contributed by atoms with Crippen molar-refractivity contribution in [2.45, 2.75) is 65.3 Å². The third kappa shape index (κ3) is 4.59. The molecule has 86 valence electrons. The van der Waals surface area contributed by atoms with Crippen LogP contribution in [-0.2, 0) is 0 Å². The van der Waals surface area contributed by atoms with Crippen molar-refractivity contribution in [1.82, 2.24) is 0 Å². The molecule has 15 heavy (non-hydrogen) atoms. The lowest BCUT2D eigenvalue weighted by atomic mass is 10.0. The summed E-state index contributed by atoms with van der Waals surface area (Å²) in [5.41, 5.74) is 2.42. The Morgan fingerprint density at radius 3 is 2.67 bits per heavy atom. The zero-order valence-corrected chi connectivity index (χ0v) is 10.4. The Balaban J connectivity index is 2.22. The van der Waals surface area contributed by atoms with Crippen molar-refractivity contribution in [3.05, 3.63) is 0 Å². The van der Waals surface area contributed by atoms with Crippen LogP contribution in [0.1, 0.15) is 59.3 Å². The van der Waals surface area contributed by atoms with E-state index in [-0.39, 0.29) is 0 Å². The van der Waals surface area contributed by atoms with Gasteiger partial charge in [-0.1, -0.05) is 32.6 Å². The topological polar surface area (TPSA) is 24.7 Å². The zero-order valence-electron chi connectivity index (χ0n) is 10.4. The zero-order chi connectivity index (χ0) is 11.1. The molecule has 0 aliphatic carbocycles. The fourth-order valence-electron chi connectivity index (χ4n) is 1.90. The van der Waals surface area contributed by atoms with Crippen LogP contribution in [0.2, 0.25) is 0 Å². The van der Waals surface area contributed by atoms with Gasteiger partial charge in [-0.05, 0) is 26.7 Å². The molecule has 2 heteroatoms. The summed E-state index contributed by atoms with van der Waals surface area (Å²) in [6.07, 6.45) is 7.81. The number of nitrogens with zero attached hydrogens (tertiary/aromatic N) is 2. The molecule has 0 saturated heterocycles. The first kappa shape index (κ1) is 12.4. The van der Waals surface area contributed by atoms with Crippen molar-refractivity contribution >= 4 is 11.4 Å². The Hall–Kier alpha value is -0.660. The highest BCUT2D eigenvalue weighted by Gasteiger charge is 2.11. The summed E-state index contributed by atoms with van der Waals surface area (Å²) in [5, 5.41) is 0. The Kier molecular flexibility index (Phi) is 5.59. The maximum absolute atomic E-state index is 4.67. The van der Waals surface area contributed by atoms with E-state index in [1.807, 2.05) is 0 Å². The predicted molar refractivity (Wildman–Crippen MR) is 68.2 cm³/mol. The summed E-state index contributed by atoms with van der Waals surface area (Å²) >= 11 is 0. The number of rotatable bonds is 6. The van der Waals surface area contributed by atoms with Crippen LogP contribution in [0.3, 0.4) is 0 Å². The van der Waals surface area contributed by atoms with E-state index in [0.717, 1.165) is 13.0 Å². The lowest BCUT2D eigenvalue weighted by Crippen LogP contribution is -2.22. The van der Waals surface area contributed by atoms with Crippen LogP contribution in [0.15, 0.2) is 9.98 Å². The fourth-order valence-corrected chi connectivity index (χ4v) is 1.90. The molecule has 0 aromatic carbocycles. The van der Waals surface area contributed by atoms with Gasteiger partial charge in [-0.3, -0.25) is 9.98 Å². The Morgan fingerprint density at radius 1 is 1.20 bits per heavy atom. The second-order valence-electron chi connectivity index (χ2n) is 4.52. The highest BCUT2D eigenvalue weighted by molar-refractivity contribution is 6.41. The van der Waals surface area contributed by atoms with Gasteiger partial charge in [-0.15, -0.1) is 0 Å². The largest absolute Gasteiger partial charge is 0.286 e. The summed E-state index contributed by atoms with van der Waals surface area (Å²) in [6, 6.07) is 0.402. The molecule has 0 spiro atoms. The highest BCUT2D eigenvalue weighted by atomic mass is 14.9. The molecule has 0 amide bonds. The van der Waals surface area contributed by atoms with Crippen molar-refractivity contribution in [1.29, 1.82) is 0 Å². The molecule has 0 radical (unpaired) electrons. The van der Waals surface area contributed by atoms with E-state index in [1.54, 1.807) is 0 Å². The smallest absolute Gasteiger partial charge is 0.0670 e. The molecule has 0 aromatic heterocycles. The van der Waals surface area contributed by atoms with Crippen molar-refractivity contribution in [3.8, 4) is 0 Å². The number of hydrogen-bond acceptors (Lipinski definition) is 2. The molecule has 0 aromatic rings. The first-order valence-corrected chi connectivity index (χ1v) is 6.32. The summed E-state index contributed by atoms with van der Waals surface area (Å²) in [5.74, 6) is 0. The van der Waals surface area contributed by atoms with Gasteiger partial charge in [0.05, 0.1) is 24.0 Å². The molecule has 1 aliphatic heterocycles. The molecule has 0 N–H and O–H groups in total. The second kappa shape index (κ2) is 6.76. The van der Waals surface area contributed by atoms with Gasteiger partial charge in [-0.25, -0.2) is 0 Å². The van der Waals surface area contributed by atoms with Crippen molar-refractivity contribution < 1.29 is 0 Å². The normalized spacial score (nSPS) is 21.1. The van der Waals surface area contributed by atoms with Crippen molar-refractivity contribution in [2.24, 2.45) is 9.98 Å². The third-order valence-corrected chi connectivity index (χ3v) is 2.90. The Labute approximate surface area is 93.9 Å². The summed E-state index contributed by atoms with van der Waals surface area (Å²) in [7, 11) is 0. The van der Waals surface area contributed by atoms with Crippen LogP contribution in [0, 0.1) is 0 Å². The van der Waals surface area contributed by atoms with Crippen LogP contribution < -0.4 is 0 Å². The summed E-state index contributed by atoms with van der Waals surface area (Å²) < 4.78 is 0. The molecule has 0 bridgehead atoms. The quantitative estimate of drug-likeness (QED) is 0.595. The minimum Gasteiger partial charge on any atom is -0.286 e. The molecule has 1 atom stereocenters. The van der Waals surface area contributed by atoms with Gasteiger partial charge in [0.15, 0.2) is 0 Å². The molecule has 0 saturated carbocycles. The Bertz CT molecular complexity index is 241. The average molecular weight is 208 g/mol. The van der Waals surface area contributed by atoms with Gasteiger partial charge in [0.25, 0.3) is 0 Å². The van der Waals surface area contributed by atoms with E-state index < -0.39 is 0 Å². The minimum absolute atomic E-state index is 0.402. The molecular weight excluding hydrogens is 184 g/mol. The van der Waals surface area contributed by atoms with Crippen LogP contribution in [0.5, 0.6) is 0 Å². The molecule has 1 aliphatic rings. The summed E-state index contributed by atoms with van der Waals surface area (Å²) in [4.78, 5) is 9.16. The van der Waals surface area contributed by atoms with Crippen LogP contribution >= 0.6 is 0 Å². The van der Waals surface area contributed by atoms with Gasteiger partial charge in [-0.2, -0.15) is 0 Å². The van der Waals surface area contributed by atoms with Crippen LogP contribution in [-0.4, -0.2) is 24.0 Å². The van der Waals surface area contributed by atoms with E-state index in [2.05, 4.69) is 30.8 Å². The van der Waals surface area contributed by atoms with Crippen molar-refractivity contribution in [2.75, 3.05) is 6.54 Å². The number of unbranched alkanes of at least 4 members (excludes halogenated alkanes) is 4.